The molecule has 4 N–H and O–H groups in total. The van der Waals surface area contributed by atoms with Crippen LogP contribution in [0.4, 0.5) is 0 Å². The Balaban J connectivity index is 1.80. The number of carbonyl (C=O) groups is 4. The van der Waals surface area contributed by atoms with Crippen molar-refractivity contribution in [3.63, 3.8) is 0 Å². The van der Waals surface area contributed by atoms with Crippen molar-refractivity contribution < 1.29 is 19.2 Å². The molecule has 2 aromatic rings. The second-order valence-electron chi connectivity index (χ2n) is 6.38. The Morgan fingerprint density at radius 2 is 0.933 bits per heavy atom. The van der Waals surface area contributed by atoms with Gasteiger partial charge in [0.15, 0.2) is 0 Å². The number of benzene rings is 2. The first kappa shape index (κ1) is 23.6. The number of hydrogen-bond donors (Lipinski definition) is 4. The maximum Gasteiger partial charge on any atom is 0.260 e. The number of rotatable bonds is 6. The summed E-state index contributed by atoms with van der Waals surface area (Å²) in [6.07, 6.45) is 0. The van der Waals surface area contributed by atoms with Gasteiger partial charge in [0.25, 0.3) is 23.6 Å². The van der Waals surface area contributed by atoms with Gasteiger partial charge in [-0.3, -0.25) is 30.0 Å². The Morgan fingerprint density at radius 3 is 1.23 bits per heavy atom. The third kappa shape index (κ3) is 6.96. The fourth-order valence-electron chi connectivity index (χ4n) is 2.23. The summed E-state index contributed by atoms with van der Waals surface area (Å²) >= 11 is 6.56. The van der Waals surface area contributed by atoms with Crippen LogP contribution in [-0.2, 0) is 9.59 Å². The number of hydrazine groups is 1. The standard InChI is InChI=1S/C20H20Br2N4O4/c1-11(23-19(29)13-3-7-15(21)8-4-13)17(27)25-26-18(28)12(2)24-20(30)14-5-9-16(22)10-6-14/h3-12H,1-2H3,(H,23,29)(H,24,30)(H,25,27)(H,26,28). The monoisotopic (exact) mass is 538 g/mol. The topological polar surface area (TPSA) is 116 Å². The molecule has 30 heavy (non-hydrogen) atoms. The summed E-state index contributed by atoms with van der Waals surface area (Å²) in [7, 11) is 0. The van der Waals surface area contributed by atoms with Gasteiger partial charge in [-0.15, -0.1) is 0 Å². The van der Waals surface area contributed by atoms with Gasteiger partial charge in [0.1, 0.15) is 12.1 Å². The maximum absolute atomic E-state index is 12.2. The van der Waals surface area contributed by atoms with E-state index in [-0.39, 0.29) is 0 Å². The quantitative estimate of drug-likeness (QED) is 0.421. The SMILES string of the molecule is CC(NC(=O)c1ccc(Br)cc1)C(=O)NNC(=O)C(C)NC(=O)c1ccc(Br)cc1. The third-order valence-corrected chi connectivity index (χ3v) is 5.06. The van der Waals surface area contributed by atoms with Gasteiger partial charge < -0.3 is 10.6 Å². The van der Waals surface area contributed by atoms with Crippen molar-refractivity contribution in [3.05, 3.63) is 68.6 Å². The van der Waals surface area contributed by atoms with Crippen LogP contribution in [0.25, 0.3) is 0 Å². The van der Waals surface area contributed by atoms with Crippen molar-refractivity contribution in [2.75, 3.05) is 0 Å². The van der Waals surface area contributed by atoms with E-state index in [2.05, 4.69) is 53.3 Å². The van der Waals surface area contributed by atoms with Crippen molar-refractivity contribution >= 4 is 55.5 Å². The third-order valence-electron chi connectivity index (χ3n) is 4.00. The molecule has 0 aliphatic carbocycles. The fraction of sp³-hybridized carbons (Fsp3) is 0.200. The molecule has 10 heteroatoms. The Hall–Kier alpha value is -2.72. The summed E-state index contributed by atoms with van der Waals surface area (Å²) < 4.78 is 1.66. The molecule has 0 saturated carbocycles. The molecule has 2 rings (SSSR count). The van der Waals surface area contributed by atoms with Crippen LogP contribution in [0, 0.1) is 0 Å². The molecular weight excluding hydrogens is 520 g/mol. The van der Waals surface area contributed by atoms with Gasteiger partial charge in [-0.2, -0.15) is 0 Å². The van der Waals surface area contributed by atoms with Crippen LogP contribution >= 0.6 is 31.9 Å². The molecule has 0 radical (unpaired) electrons. The second kappa shape index (κ2) is 10.9. The predicted molar refractivity (Wildman–Crippen MR) is 118 cm³/mol. The van der Waals surface area contributed by atoms with E-state index in [1.165, 1.54) is 13.8 Å². The van der Waals surface area contributed by atoms with Gasteiger partial charge in [0, 0.05) is 20.1 Å². The lowest BCUT2D eigenvalue weighted by atomic mass is 10.2. The zero-order valence-electron chi connectivity index (χ0n) is 16.2. The van der Waals surface area contributed by atoms with Crippen molar-refractivity contribution in [1.82, 2.24) is 21.5 Å². The molecular formula is C20H20Br2N4O4. The zero-order chi connectivity index (χ0) is 22.3. The van der Waals surface area contributed by atoms with Crippen LogP contribution in [-0.4, -0.2) is 35.7 Å². The van der Waals surface area contributed by atoms with Gasteiger partial charge in [-0.25, -0.2) is 0 Å². The summed E-state index contributed by atoms with van der Waals surface area (Å²) in [5, 5.41) is 5.07. The van der Waals surface area contributed by atoms with Crippen LogP contribution in [0.2, 0.25) is 0 Å². The second-order valence-corrected chi connectivity index (χ2v) is 8.21. The molecule has 2 unspecified atom stereocenters. The molecule has 0 aliphatic heterocycles. The summed E-state index contributed by atoms with van der Waals surface area (Å²) in [6.45, 7) is 2.97. The Bertz CT molecular complexity index is 855. The molecule has 8 nitrogen and oxygen atoms in total. The molecule has 0 spiro atoms. The van der Waals surface area contributed by atoms with E-state index in [0.29, 0.717) is 11.1 Å². The van der Waals surface area contributed by atoms with Crippen molar-refractivity contribution in [3.8, 4) is 0 Å². The predicted octanol–water partition coefficient (Wildman–Crippen LogP) is 2.30. The summed E-state index contributed by atoms with van der Waals surface area (Å²) in [5.41, 5.74) is 5.25. The lowest BCUT2D eigenvalue weighted by molar-refractivity contribution is -0.130. The van der Waals surface area contributed by atoms with Gasteiger partial charge in [-0.1, -0.05) is 31.9 Å². The highest BCUT2D eigenvalue weighted by Crippen LogP contribution is 2.11. The molecule has 0 aliphatic rings. The van der Waals surface area contributed by atoms with E-state index in [9.17, 15) is 19.2 Å². The van der Waals surface area contributed by atoms with Gasteiger partial charge in [-0.05, 0) is 62.4 Å². The van der Waals surface area contributed by atoms with Gasteiger partial charge in [0.05, 0.1) is 0 Å². The number of halogens is 2. The highest BCUT2D eigenvalue weighted by Gasteiger charge is 2.20. The Labute approximate surface area is 190 Å². The summed E-state index contributed by atoms with van der Waals surface area (Å²) in [6, 6.07) is 11.5. The lowest BCUT2D eigenvalue weighted by Crippen LogP contribution is -2.55. The van der Waals surface area contributed by atoms with E-state index < -0.39 is 35.7 Å². The minimum atomic E-state index is -0.894. The molecule has 0 bridgehead atoms. The van der Waals surface area contributed by atoms with E-state index in [1.807, 2.05) is 0 Å². The number of hydrogen-bond acceptors (Lipinski definition) is 4. The molecule has 158 valence electrons. The van der Waals surface area contributed by atoms with Crippen LogP contribution in [0.15, 0.2) is 57.5 Å². The van der Waals surface area contributed by atoms with Crippen molar-refractivity contribution in [1.29, 1.82) is 0 Å². The Kier molecular flexibility index (Phi) is 8.55. The number of amides is 4. The van der Waals surface area contributed by atoms with Crippen LogP contribution in [0.5, 0.6) is 0 Å². The number of carbonyl (C=O) groups excluding carboxylic acids is 4. The van der Waals surface area contributed by atoms with Crippen molar-refractivity contribution in [2.24, 2.45) is 0 Å². The molecule has 4 amide bonds. The summed E-state index contributed by atoms with van der Waals surface area (Å²) in [4.78, 5) is 48.6. The highest BCUT2D eigenvalue weighted by molar-refractivity contribution is 9.10. The number of nitrogens with one attached hydrogen (secondary N) is 4. The first-order valence-corrected chi connectivity index (χ1v) is 10.5. The van der Waals surface area contributed by atoms with Crippen LogP contribution < -0.4 is 21.5 Å². The highest BCUT2D eigenvalue weighted by atomic mass is 79.9. The Morgan fingerprint density at radius 1 is 0.633 bits per heavy atom. The molecule has 2 aromatic carbocycles. The molecule has 0 aromatic heterocycles. The average Bonchev–Trinajstić information content (AvgIpc) is 2.72. The van der Waals surface area contributed by atoms with E-state index in [0.717, 1.165) is 8.95 Å². The normalized spacial score (nSPS) is 12.3. The van der Waals surface area contributed by atoms with Gasteiger partial charge in [0.2, 0.25) is 0 Å². The van der Waals surface area contributed by atoms with E-state index in [4.69, 9.17) is 0 Å². The zero-order valence-corrected chi connectivity index (χ0v) is 19.3. The first-order chi connectivity index (χ1) is 14.2. The molecule has 0 fully saturated rings. The first-order valence-electron chi connectivity index (χ1n) is 8.90. The lowest BCUT2D eigenvalue weighted by Gasteiger charge is -2.17. The maximum atomic E-state index is 12.2. The smallest absolute Gasteiger partial charge is 0.260 e. The average molecular weight is 540 g/mol. The van der Waals surface area contributed by atoms with E-state index >= 15 is 0 Å². The van der Waals surface area contributed by atoms with Crippen LogP contribution in [0.1, 0.15) is 34.6 Å². The van der Waals surface area contributed by atoms with E-state index in [1.54, 1.807) is 48.5 Å². The molecule has 2 atom stereocenters. The largest absolute Gasteiger partial charge is 0.340 e. The minimum absolute atomic E-state index is 0.395. The van der Waals surface area contributed by atoms with Gasteiger partial charge >= 0.3 is 0 Å². The van der Waals surface area contributed by atoms with Crippen molar-refractivity contribution in [2.45, 2.75) is 25.9 Å². The summed E-state index contributed by atoms with van der Waals surface area (Å²) in [5.74, 6) is -2.07. The molecule has 0 saturated heterocycles. The fourth-order valence-corrected chi connectivity index (χ4v) is 2.76. The minimum Gasteiger partial charge on any atom is -0.340 e. The molecule has 0 heterocycles. The van der Waals surface area contributed by atoms with Crippen LogP contribution in [0.3, 0.4) is 0 Å².